The van der Waals surface area contributed by atoms with Crippen LogP contribution in [0.2, 0.25) is 0 Å². The summed E-state index contributed by atoms with van der Waals surface area (Å²) in [6, 6.07) is 13.2. The Bertz CT molecular complexity index is 1500. The van der Waals surface area contributed by atoms with E-state index >= 15 is 0 Å². The van der Waals surface area contributed by atoms with E-state index in [1.54, 1.807) is 25.1 Å². The minimum Gasteiger partial charge on any atom is -0.409 e. The number of hydrogen-bond donors (Lipinski definition) is 1. The maximum atomic E-state index is 14.6. The van der Waals surface area contributed by atoms with Crippen LogP contribution in [0.3, 0.4) is 0 Å². The number of fused-ring (bicyclic) bond motifs is 1. The van der Waals surface area contributed by atoms with Gasteiger partial charge in [-0.15, -0.1) is 0 Å². The Labute approximate surface area is 209 Å². The number of rotatable bonds is 5. The van der Waals surface area contributed by atoms with Crippen LogP contribution in [-0.4, -0.2) is 42.4 Å². The van der Waals surface area contributed by atoms with E-state index in [0.29, 0.717) is 21.2 Å². The molecule has 0 saturated carbocycles. The van der Waals surface area contributed by atoms with E-state index in [9.17, 15) is 22.8 Å². The number of carbonyl (C=O) groups is 2. The second kappa shape index (κ2) is 10.4. The lowest BCUT2D eigenvalue weighted by atomic mass is 10.0. The molecule has 0 atom stereocenters. The summed E-state index contributed by atoms with van der Waals surface area (Å²) in [5, 5.41) is 0.902. The molecule has 0 aliphatic rings. The van der Waals surface area contributed by atoms with E-state index in [0.717, 1.165) is 18.2 Å². The highest BCUT2D eigenvalue weighted by Crippen LogP contribution is 2.36. The van der Waals surface area contributed by atoms with E-state index in [1.165, 1.54) is 48.8 Å². The van der Waals surface area contributed by atoms with Crippen molar-refractivity contribution in [3.8, 4) is 17.0 Å². The highest BCUT2D eigenvalue weighted by atomic mass is 19.1. The van der Waals surface area contributed by atoms with E-state index in [2.05, 4.69) is 9.98 Å². The van der Waals surface area contributed by atoms with Crippen molar-refractivity contribution in [1.82, 2.24) is 9.88 Å². The van der Waals surface area contributed by atoms with Crippen LogP contribution in [-0.2, 0) is 0 Å². The Kier molecular flexibility index (Phi) is 7.05. The molecular formula is C26H20F3N5O3. The van der Waals surface area contributed by atoms with Crippen LogP contribution in [0, 0.1) is 17.5 Å². The van der Waals surface area contributed by atoms with Gasteiger partial charge in [0.25, 0.3) is 0 Å². The van der Waals surface area contributed by atoms with Crippen molar-refractivity contribution >= 4 is 40.7 Å². The molecule has 0 aliphatic heterocycles. The first-order valence-corrected chi connectivity index (χ1v) is 10.8. The number of amides is 3. The van der Waals surface area contributed by atoms with E-state index in [1.807, 2.05) is 0 Å². The molecule has 4 aromatic rings. The summed E-state index contributed by atoms with van der Waals surface area (Å²) in [5.74, 6) is -2.66. The summed E-state index contributed by atoms with van der Waals surface area (Å²) < 4.78 is 48.1. The Morgan fingerprint density at radius 2 is 1.65 bits per heavy atom. The standard InChI is InChI=1S/C26H20F3N5O3/c1-33(2)14-31-26(36)37-18-10-11-19-16(12-18)13-22(32-23(19)15-6-8-17(27)9-7-15)34(25(30)35)24-20(28)4-3-5-21(24)29/h3-14H,1-2H3,(H2,30,35). The zero-order valence-corrected chi connectivity index (χ0v) is 19.7. The fourth-order valence-corrected chi connectivity index (χ4v) is 3.56. The molecular weight excluding hydrogens is 487 g/mol. The number of primary amides is 1. The first-order valence-electron chi connectivity index (χ1n) is 10.8. The van der Waals surface area contributed by atoms with Crippen LogP contribution in [0.15, 0.2) is 71.7 Å². The predicted octanol–water partition coefficient (Wildman–Crippen LogP) is 5.62. The highest BCUT2D eigenvalue weighted by Gasteiger charge is 2.25. The number of aromatic nitrogens is 1. The van der Waals surface area contributed by atoms with Crippen LogP contribution in [0.4, 0.5) is 34.3 Å². The summed E-state index contributed by atoms with van der Waals surface area (Å²) >= 11 is 0. The minimum atomic E-state index is -1.19. The molecule has 8 nitrogen and oxygen atoms in total. The molecule has 1 heterocycles. The van der Waals surface area contributed by atoms with Crippen molar-refractivity contribution in [2.45, 2.75) is 0 Å². The smallest absolute Gasteiger partial charge is 0.409 e. The van der Waals surface area contributed by atoms with Crippen molar-refractivity contribution in [2.75, 3.05) is 19.0 Å². The van der Waals surface area contributed by atoms with Gasteiger partial charge in [0.05, 0.1) is 12.0 Å². The number of anilines is 2. The summed E-state index contributed by atoms with van der Waals surface area (Å²) in [6.07, 6.45) is 0.388. The number of para-hydroxylation sites is 1. The van der Waals surface area contributed by atoms with Gasteiger partial charge in [0.1, 0.15) is 34.7 Å². The monoisotopic (exact) mass is 507 g/mol. The molecule has 3 amide bonds. The number of aliphatic imine (C=N–C) groups is 1. The van der Waals surface area contributed by atoms with E-state index in [-0.39, 0.29) is 17.3 Å². The lowest BCUT2D eigenvalue weighted by Gasteiger charge is -2.22. The number of pyridine rings is 1. The third-order valence-corrected chi connectivity index (χ3v) is 5.12. The fraction of sp³-hybridized carbons (Fsp3) is 0.0769. The summed E-state index contributed by atoms with van der Waals surface area (Å²) in [4.78, 5) is 34.7. The number of benzene rings is 3. The van der Waals surface area contributed by atoms with Crippen molar-refractivity contribution in [3.05, 3.63) is 84.2 Å². The zero-order chi connectivity index (χ0) is 26.7. The second-order valence-corrected chi connectivity index (χ2v) is 8.04. The Balaban J connectivity index is 1.92. The Morgan fingerprint density at radius 3 is 2.27 bits per heavy atom. The van der Waals surface area contributed by atoms with Crippen LogP contribution in [0.1, 0.15) is 0 Å². The van der Waals surface area contributed by atoms with Crippen LogP contribution in [0.25, 0.3) is 22.0 Å². The topological polar surface area (TPSA) is 101 Å². The van der Waals surface area contributed by atoms with E-state index in [4.69, 9.17) is 10.5 Å². The van der Waals surface area contributed by atoms with Gasteiger partial charge in [-0.1, -0.05) is 6.07 Å². The largest absolute Gasteiger partial charge is 0.440 e. The quantitative estimate of drug-likeness (QED) is 0.279. The average molecular weight is 507 g/mol. The Morgan fingerprint density at radius 1 is 0.973 bits per heavy atom. The molecule has 0 saturated heterocycles. The molecule has 0 radical (unpaired) electrons. The summed E-state index contributed by atoms with van der Waals surface area (Å²) in [7, 11) is 3.36. The lowest BCUT2D eigenvalue weighted by Crippen LogP contribution is -2.33. The average Bonchev–Trinajstić information content (AvgIpc) is 2.84. The van der Waals surface area contributed by atoms with Gasteiger partial charge in [-0.2, -0.15) is 4.99 Å². The molecule has 188 valence electrons. The molecule has 0 fully saturated rings. The van der Waals surface area contributed by atoms with Crippen LogP contribution < -0.4 is 15.4 Å². The van der Waals surface area contributed by atoms with Gasteiger partial charge in [0.15, 0.2) is 0 Å². The molecule has 4 rings (SSSR count). The molecule has 1 aromatic heterocycles. The molecule has 0 aliphatic carbocycles. The molecule has 3 aromatic carbocycles. The molecule has 37 heavy (non-hydrogen) atoms. The zero-order valence-electron chi connectivity index (χ0n) is 19.7. The minimum absolute atomic E-state index is 0.110. The summed E-state index contributed by atoms with van der Waals surface area (Å²) in [5.41, 5.74) is 5.52. The number of halogens is 3. The number of nitrogens with zero attached hydrogens (tertiary/aromatic N) is 4. The van der Waals surface area contributed by atoms with Gasteiger partial charge >= 0.3 is 12.1 Å². The lowest BCUT2D eigenvalue weighted by molar-refractivity contribution is 0.211. The van der Waals surface area contributed by atoms with Crippen molar-refractivity contribution in [2.24, 2.45) is 10.7 Å². The second-order valence-electron chi connectivity index (χ2n) is 8.04. The van der Waals surface area contributed by atoms with Crippen molar-refractivity contribution in [3.63, 3.8) is 0 Å². The summed E-state index contributed by atoms with van der Waals surface area (Å²) in [6.45, 7) is 0. The first-order chi connectivity index (χ1) is 17.6. The SMILES string of the molecule is CN(C)C=NC(=O)Oc1ccc2c(-c3ccc(F)cc3)nc(N(C(N)=O)c3c(F)cccc3F)cc2c1. The molecule has 2 N–H and O–H groups in total. The normalized spacial score (nSPS) is 11.1. The Hall–Kier alpha value is -4.93. The number of carbonyl (C=O) groups excluding carboxylic acids is 2. The molecule has 0 bridgehead atoms. The number of nitrogens with two attached hydrogens (primary N) is 1. The number of ether oxygens (including phenoxy) is 1. The van der Waals surface area contributed by atoms with Gasteiger partial charge in [0.2, 0.25) is 0 Å². The van der Waals surface area contributed by atoms with Gasteiger partial charge < -0.3 is 15.4 Å². The van der Waals surface area contributed by atoms with Crippen molar-refractivity contribution < 1.29 is 27.5 Å². The molecule has 11 heteroatoms. The fourth-order valence-electron chi connectivity index (χ4n) is 3.56. The van der Waals surface area contributed by atoms with Crippen molar-refractivity contribution in [1.29, 1.82) is 0 Å². The number of hydrogen-bond acceptors (Lipinski definition) is 4. The van der Waals surface area contributed by atoms with Gasteiger partial charge in [0, 0.05) is 25.0 Å². The maximum Gasteiger partial charge on any atom is 0.440 e. The predicted molar refractivity (Wildman–Crippen MR) is 133 cm³/mol. The van der Waals surface area contributed by atoms with Gasteiger partial charge in [-0.25, -0.2) is 32.6 Å². The number of urea groups is 1. The maximum absolute atomic E-state index is 14.6. The highest BCUT2D eigenvalue weighted by molar-refractivity contribution is 6.03. The first kappa shape index (κ1) is 25.2. The van der Waals surface area contributed by atoms with E-state index < -0.39 is 35.3 Å². The van der Waals surface area contributed by atoms with Gasteiger partial charge in [-0.05, 0) is 66.0 Å². The van der Waals surface area contributed by atoms with Crippen LogP contribution in [0.5, 0.6) is 5.75 Å². The molecule has 0 unspecified atom stereocenters. The van der Waals surface area contributed by atoms with Crippen LogP contribution >= 0.6 is 0 Å². The third kappa shape index (κ3) is 5.50. The molecule has 0 spiro atoms. The third-order valence-electron chi connectivity index (χ3n) is 5.12. The van der Waals surface area contributed by atoms with Gasteiger partial charge in [-0.3, -0.25) is 0 Å².